The molecular formula is C15H19BrN2O. The summed E-state index contributed by atoms with van der Waals surface area (Å²) in [4.78, 5) is 0. The number of halogens is 1. The summed E-state index contributed by atoms with van der Waals surface area (Å²) in [7, 11) is 0. The fraction of sp³-hybridized carbons (Fsp3) is 0.400. The molecule has 0 N–H and O–H groups in total. The van der Waals surface area contributed by atoms with E-state index in [-0.39, 0.29) is 0 Å². The van der Waals surface area contributed by atoms with E-state index in [2.05, 4.69) is 53.9 Å². The summed E-state index contributed by atoms with van der Waals surface area (Å²) in [6.07, 6.45) is 0. The first-order chi connectivity index (χ1) is 9.04. The van der Waals surface area contributed by atoms with Gasteiger partial charge in [-0.05, 0) is 54.8 Å². The molecule has 0 radical (unpaired) electrons. The van der Waals surface area contributed by atoms with Gasteiger partial charge in [0, 0.05) is 6.54 Å². The van der Waals surface area contributed by atoms with Gasteiger partial charge in [-0.1, -0.05) is 18.2 Å². The quantitative estimate of drug-likeness (QED) is 0.844. The van der Waals surface area contributed by atoms with Crippen molar-refractivity contribution in [3.63, 3.8) is 0 Å². The van der Waals surface area contributed by atoms with Crippen molar-refractivity contribution in [1.82, 2.24) is 9.78 Å². The minimum atomic E-state index is 0.529. The van der Waals surface area contributed by atoms with Crippen molar-refractivity contribution in [1.29, 1.82) is 0 Å². The lowest BCUT2D eigenvalue weighted by molar-refractivity contribution is 0.288. The molecule has 0 fully saturated rings. The Labute approximate surface area is 122 Å². The third-order valence-electron chi connectivity index (χ3n) is 3.21. The van der Waals surface area contributed by atoms with Crippen LogP contribution in [-0.4, -0.2) is 9.78 Å². The average molecular weight is 323 g/mol. The van der Waals surface area contributed by atoms with Crippen LogP contribution in [-0.2, 0) is 13.2 Å². The highest BCUT2D eigenvalue weighted by Gasteiger charge is 2.13. The van der Waals surface area contributed by atoms with Crippen LogP contribution in [0.1, 0.15) is 29.4 Å². The van der Waals surface area contributed by atoms with Gasteiger partial charge in [-0.3, -0.25) is 4.68 Å². The zero-order valence-electron chi connectivity index (χ0n) is 11.8. The standard InChI is InChI=1S/C15H19BrN2O/c1-5-18-13(14(16)12(4)17-18)9-19-15-10(2)7-6-8-11(15)3/h6-8H,5,9H2,1-4H3. The number of para-hydroxylation sites is 1. The van der Waals surface area contributed by atoms with E-state index in [1.54, 1.807) is 0 Å². The summed E-state index contributed by atoms with van der Waals surface area (Å²) in [6, 6.07) is 6.19. The molecular weight excluding hydrogens is 304 g/mol. The molecule has 2 rings (SSSR count). The van der Waals surface area contributed by atoms with Crippen molar-refractivity contribution < 1.29 is 4.74 Å². The van der Waals surface area contributed by atoms with Gasteiger partial charge in [0.2, 0.25) is 0 Å². The maximum atomic E-state index is 6.00. The van der Waals surface area contributed by atoms with Crippen LogP contribution in [0.3, 0.4) is 0 Å². The van der Waals surface area contributed by atoms with Crippen molar-refractivity contribution >= 4 is 15.9 Å². The Balaban J connectivity index is 2.24. The highest BCUT2D eigenvalue weighted by Crippen LogP contribution is 2.26. The van der Waals surface area contributed by atoms with Gasteiger partial charge >= 0.3 is 0 Å². The maximum absolute atomic E-state index is 6.00. The van der Waals surface area contributed by atoms with Gasteiger partial charge in [0.1, 0.15) is 12.4 Å². The molecule has 1 heterocycles. The number of hydrogen-bond donors (Lipinski definition) is 0. The molecule has 0 aliphatic heterocycles. The van der Waals surface area contributed by atoms with E-state index in [1.165, 1.54) is 0 Å². The third-order valence-corrected chi connectivity index (χ3v) is 4.25. The van der Waals surface area contributed by atoms with E-state index >= 15 is 0 Å². The summed E-state index contributed by atoms with van der Waals surface area (Å²) < 4.78 is 9.02. The maximum Gasteiger partial charge on any atom is 0.131 e. The first kappa shape index (κ1) is 14.1. The number of hydrogen-bond acceptors (Lipinski definition) is 2. The smallest absolute Gasteiger partial charge is 0.131 e. The number of ether oxygens (including phenoxy) is 1. The molecule has 0 aliphatic rings. The van der Waals surface area contributed by atoms with Gasteiger partial charge < -0.3 is 4.74 Å². The van der Waals surface area contributed by atoms with Gasteiger partial charge in [0.05, 0.1) is 15.9 Å². The van der Waals surface area contributed by atoms with Gasteiger partial charge in [-0.25, -0.2) is 0 Å². The molecule has 1 aromatic heterocycles. The molecule has 0 atom stereocenters. The average Bonchev–Trinajstić information content (AvgIpc) is 2.65. The van der Waals surface area contributed by atoms with Crippen molar-refractivity contribution in [3.8, 4) is 5.75 Å². The van der Waals surface area contributed by atoms with Gasteiger partial charge in [0.15, 0.2) is 0 Å². The minimum Gasteiger partial charge on any atom is -0.487 e. The molecule has 1 aromatic carbocycles. The van der Waals surface area contributed by atoms with E-state index in [0.29, 0.717) is 6.61 Å². The first-order valence-electron chi connectivity index (χ1n) is 6.45. The minimum absolute atomic E-state index is 0.529. The highest BCUT2D eigenvalue weighted by molar-refractivity contribution is 9.10. The molecule has 102 valence electrons. The molecule has 4 heteroatoms. The second-order valence-electron chi connectivity index (χ2n) is 4.67. The molecule has 0 unspecified atom stereocenters. The molecule has 2 aromatic rings. The van der Waals surface area contributed by atoms with E-state index in [0.717, 1.165) is 39.3 Å². The lowest BCUT2D eigenvalue weighted by Gasteiger charge is -2.13. The zero-order chi connectivity index (χ0) is 14.0. The zero-order valence-corrected chi connectivity index (χ0v) is 13.4. The Morgan fingerprint density at radius 1 is 1.21 bits per heavy atom. The monoisotopic (exact) mass is 322 g/mol. The largest absolute Gasteiger partial charge is 0.487 e. The number of aryl methyl sites for hydroxylation is 4. The van der Waals surface area contributed by atoms with Crippen molar-refractivity contribution in [2.24, 2.45) is 0 Å². The Hall–Kier alpha value is -1.29. The molecule has 0 aliphatic carbocycles. The fourth-order valence-corrected chi connectivity index (χ4v) is 2.57. The van der Waals surface area contributed by atoms with Crippen molar-refractivity contribution in [2.75, 3.05) is 0 Å². The van der Waals surface area contributed by atoms with Gasteiger partial charge in [-0.2, -0.15) is 5.10 Å². The Morgan fingerprint density at radius 2 is 1.84 bits per heavy atom. The number of rotatable bonds is 4. The second-order valence-corrected chi connectivity index (χ2v) is 5.46. The normalized spacial score (nSPS) is 10.8. The predicted octanol–water partition coefficient (Wildman–Crippen LogP) is 4.17. The van der Waals surface area contributed by atoms with Gasteiger partial charge in [0.25, 0.3) is 0 Å². The molecule has 0 amide bonds. The Bertz CT molecular complexity index is 570. The Kier molecular flexibility index (Phi) is 4.30. The number of nitrogens with zero attached hydrogens (tertiary/aromatic N) is 2. The first-order valence-corrected chi connectivity index (χ1v) is 7.24. The van der Waals surface area contributed by atoms with Gasteiger partial charge in [-0.15, -0.1) is 0 Å². The van der Waals surface area contributed by atoms with Crippen LogP contribution < -0.4 is 4.74 Å². The molecule has 0 saturated carbocycles. The second kappa shape index (κ2) is 5.78. The van der Waals surface area contributed by atoms with Crippen molar-refractivity contribution in [2.45, 2.75) is 40.8 Å². The molecule has 19 heavy (non-hydrogen) atoms. The van der Waals surface area contributed by atoms with Crippen molar-refractivity contribution in [3.05, 3.63) is 45.2 Å². The summed E-state index contributed by atoms with van der Waals surface area (Å²) in [6.45, 7) is 9.60. The number of benzene rings is 1. The fourth-order valence-electron chi connectivity index (χ4n) is 2.17. The van der Waals surface area contributed by atoms with E-state index in [9.17, 15) is 0 Å². The van der Waals surface area contributed by atoms with E-state index in [4.69, 9.17) is 4.74 Å². The summed E-state index contributed by atoms with van der Waals surface area (Å²) in [5, 5.41) is 4.48. The summed E-state index contributed by atoms with van der Waals surface area (Å²) >= 11 is 3.59. The molecule has 0 saturated heterocycles. The van der Waals surface area contributed by atoms with Crippen LogP contribution in [0.25, 0.3) is 0 Å². The molecule has 3 nitrogen and oxygen atoms in total. The Morgan fingerprint density at radius 3 is 2.42 bits per heavy atom. The van der Waals surface area contributed by atoms with Crippen LogP contribution in [0.5, 0.6) is 5.75 Å². The molecule has 0 bridgehead atoms. The highest BCUT2D eigenvalue weighted by atomic mass is 79.9. The third kappa shape index (κ3) is 2.84. The lowest BCUT2D eigenvalue weighted by Crippen LogP contribution is -2.07. The topological polar surface area (TPSA) is 27.1 Å². The van der Waals surface area contributed by atoms with E-state index < -0.39 is 0 Å². The summed E-state index contributed by atoms with van der Waals surface area (Å²) in [5.41, 5.74) is 4.41. The van der Waals surface area contributed by atoms with Crippen LogP contribution in [0.15, 0.2) is 22.7 Å². The summed E-state index contributed by atoms with van der Waals surface area (Å²) in [5.74, 6) is 0.968. The van der Waals surface area contributed by atoms with Crippen LogP contribution in [0.2, 0.25) is 0 Å². The van der Waals surface area contributed by atoms with E-state index in [1.807, 2.05) is 17.7 Å². The van der Waals surface area contributed by atoms with Crippen LogP contribution in [0.4, 0.5) is 0 Å². The van der Waals surface area contributed by atoms with Crippen LogP contribution >= 0.6 is 15.9 Å². The SMILES string of the molecule is CCn1nc(C)c(Br)c1COc1c(C)cccc1C. The molecule has 0 spiro atoms. The number of aromatic nitrogens is 2. The lowest BCUT2D eigenvalue weighted by atomic mass is 10.1. The van der Waals surface area contributed by atoms with Crippen LogP contribution in [0, 0.1) is 20.8 Å². The predicted molar refractivity (Wildman–Crippen MR) is 80.6 cm³/mol.